The Morgan fingerprint density at radius 3 is 2.43 bits per heavy atom. The minimum atomic E-state index is 0.745. The lowest BCUT2D eigenvalue weighted by Gasteiger charge is -2.28. The lowest BCUT2D eigenvalue weighted by Crippen LogP contribution is -2.32. The fourth-order valence-corrected chi connectivity index (χ4v) is 3.04. The molecule has 0 heterocycles. The largest absolute Gasteiger partial charge is 0.317 e. The summed E-state index contributed by atoms with van der Waals surface area (Å²) in [5.41, 5.74) is 0. The van der Waals surface area contributed by atoms with Crippen LogP contribution in [0.5, 0.6) is 0 Å². The van der Waals surface area contributed by atoms with Crippen molar-refractivity contribution in [1.82, 2.24) is 5.32 Å². The Morgan fingerprint density at radius 1 is 1.36 bits per heavy atom. The Bertz CT molecular complexity index is 184. The molecule has 0 aromatic carbocycles. The zero-order valence-electron chi connectivity index (χ0n) is 9.55. The molecule has 1 aliphatic rings. The first-order valence-corrected chi connectivity index (χ1v) is 6.57. The van der Waals surface area contributed by atoms with Crippen LogP contribution in [-0.2, 0) is 0 Å². The van der Waals surface area contributed by atoms with Crippen LogP contribution in [-0.4, -0.2) is 30.9 Å². The zero-order valence-corrected chi connectivity index (χ0v) is 10.4. The van der Waals surface area contributed by atoms with Crippen molar-refractivity contribution >= 4 is 16.8 Å². The number of hydrogen-bond acceptors (Lipinski definition) is 3. The highest BCUT2D eigenvalue weighted by Crippen LogP contribution is 2.29. The van der Waals surface area contributed by atoms with E-state index in [1.807, 2.05) is 18.8 Å². The summed E-state index contributed by atoms with van der Waals surface area (Å²) in [4.78, 5) is 4.41. The summed E-state index contributed by atoms with van der Waals surface area (Å²) >= 11 is 1.92. The standard InChI is InChI=1S/C11H22N2S/c1-4-14-11(13-3)9-5-7-10(12-2)8-6-9/h9-10,12H,4-8H2,1-3H3. The van der Waals surface area contributed by atoms with Gasteiger partial charge in [0.1, 0.15) is 0 Å². The second kappa shape index (κ2) is 6.46. The average molecular weight is 214 g/mol. The van der Waals surface area contributed by atoms with Crippen molar-refractivity contribution in [3.63, 3.8) is 0 Å². The normalized spacial score (nSPS) is 29.2. The quantitative estimate of drug-likeness (QED) is 0.577. The molecule has 0 aromatic heterocycles. The molecule has 14 heavy (non-hydrogen) atoms. The summed E-state index contributed by atoms with van der Waals surface area (Å²) in [7, 11) is 4.00. The van der Waals surface area contributed by atoms with E-state index < -0.39 is 0 Å². The van der Waals surface area contributed by atoms with E-state index >= 15 is 0 Å². The van der Waals surface area contributed by atoms with Crippen LogP contribution in [0, 0.1) is 5.92 Å². The lowest BCUT2D eigenvalue weighted by atomic mass is 9.87. The minimum absolute atomic E-state index is 0.745. The van der Waals surface area contributed by atoms with Crippen molar-refractivity contribution in [1.29, 1.82) is 0 Å². The molecule has 1 saturated carbocycles. The average Bonchev–Trinajstić information content (AvgIpc) is 2.26. The van der Waals surface area contributed by atoms with E-state index in [2.05, 4.69) is 24.3 Å². The Balaban J connectivity index is 2.39. The maximum atomic E-state index is 4.41. The van der Waals surface area contributed by atoms with Crippen LogP contribution in [0.25, 0.3) is 0 Å². The highest BCUT2D eigenvalue weighted by Gasteiger charge is 2.23. The van der Waals surface area contributed by atoms with E-state index in [0.29, 0.717) is 0 Å². The highest BCUT2D eigenvalue weighted by atomic mass is 32.2. The van der Waals surface area contributed by atoms with Crippen LogP contribution in [0.3, 0.4) is 0 Å². The van der Waals surface area contributed by atoms with Gasteiger partial charge in [-0.15, -0.1) is 11.8 Å². The summed E-state index contributed by atoms with van der Waals surface area (Å²) in [6.07, 6.45) is 5.24. The topological polar surface area (TPSA) is 24.4 Å². The number of hydrogen-bond donors (Lipinski definition) is 1. The van der Waals surface area contributed by atoms with E-state index in [-0.39, 0.29) is 0 Å². The molecule has 1 rings (SSSR count). The van der Waals surface area contributed by atoms with E-state index in [1.54, 1.807) is 0 Å². The molecule has 0 amide bonds. The number of thioether (sulfide) groups is 1. The Kier molecular flexibility index (Phi) is 5.56. The molecular formula is C11H22N2S. The van der Waals surface area contributed by atoms with Gasteiger partial charge in [-0.3, -0.25) is 4.99 Å². The van der Waals surface area contributed by atoms with Crippen LogP contribution in [0.15, 0.2) is 4.99 Å². The van der Waals surface area contributed by atoms with E-state index in [9.17, 15) is 0 Å². The molecular weight excluding hydrogens is 192 g/mol. The third kappa shape index (κ3) is 3.28. The molecule has 0 bridgehead atoms. The van der Waals surface area contributed by atoms with Crippen LogP contribution in [0.2, 0.25) is 0 Å². The Hall–Kier alpha value is -0.0200. The molecule has 0 spiro atoms. The van der Waals surface area contributed by atoms with Gasteiger partial charge in [0.05, 0.1) is 5.04 Å². The first kappa shape index (κ1) is 12.1. The van der Waals surface area contributed by atoms with Gasteiger partial charge < -0.3 is 5.32 Å². The zero-order chi connectivity index (χ0) is 10.4. The number of aliphatic imine (C=N–C) groups is 1. The lowest BCUT2D eigenvalue weighted by molar-refractivity contribution is 0.357. The highest BCUT2D eigenvalue weighted by molar-refractivity contribution is 8.13. The van der Waals surface area contributed by atoms with Crippen molar-refractivity contribution in [2.24, 2.45) is 10.9 Å². The monoisotopic (exact) mass is 214 g/mol. The SMILES string of the molecule is CCSC(=NC)C1CCC(NC)CC1. The maximum Gasteiger partial charge on any atom is 0.0703 e. The molecule has 0 unspecified atom stereocenters. The molecule has 1 aliphatic carbocycles. The minimum Gasteiger partial charge on any atom is -0.317 e. The summed E-state index contributed by atoms with van der Waals surface area (Å²) < 4.78 is 0. The summed E-state index contributed by atoms with van der Waals surface area (Å²) in [5.74, 6) is 1.90. The van der Waals surface area contributed by atoms with Crippen molar-refractivity contribution in [2.75, 3.05) is 19.8 Å². The van der Waals surface area contributed by atoms with E-state index in [1.165, 1.54) is 30.7 Å². The first-order valence-electron chi connectivity index (χ1n) is 5.58. The second-order valence-electron chi connectivity index (χ2n) is 3.83. The van der Waals surface area contributed by atoms with Gasteiger partial charge in [-0.1, -0.05) is 6.92 Å². The molecule has 3 heteroatoms. The van der Waals surface area contributed by atoms with E-state index in [0.717, 1.165) is 17.7 Å². The molecule has 82 valence electrons. The maximum absolute atomic E-state index is 4.41. The molecule has 0 atom stereocenters. The third-order valence-electron chi connectivity index (χ3n) is 3.00. The van der Waals surface area contributed by atoms with Crippen LogP contribution in [0.4, 0.5) is 0 Å². The molecule has 0 aliphatic heterocycles. The van der Waals surface area contributed by atoms with E-state index in [4.69, 9.17) is 0 Å². The van der Waals surface area contributed by atoms with Gasteiger partial charge in [0.2, 0.25) is 0 Å². The van der Waals surface area contributed by atoms with Gasteiger partial charge >= 0.3 is 0 Å². The van der Waals surface area contributed by atoms with Gasteiger partial charge in [-0.2, -0.15) is 0 Å². The fourth-order valence-electron chi connectivity index (χ4n) is 2.14. The molecule has 2 nitrogen and oxygen atoms in total. The summed E-state index contributed by atoms with van der Waals surface area (Å²) in [5, 5.41) is 4.74. The summed E-state index contributed by atoms with van der Waals surface area (Å²) in [6.45, 7) is 2.20. The molecule has 0 radical (unpaired) electrons. The van der Waals surface area contributed by atoms with Crippen molar-refractivity contribution in [3.8, 4) is 0 Å². The van der Waals surface area contributed by atoms with Crippen LogP contribution in [0.1, 0.15) is 32.6 Å². The van der Waals surface area contributed by atoms with Crippen LogP contribution >= 0.6 is 11.8 Å². The first-order chi connectivity index (χ1) is 6.81. The summed E-state index contributed by atoms with van der Waals surface area (Å²) in [6, 6.07) is 0.746. The molecule has 1 N–H and O–H groups in total. The predicted molar refractivity (Wildman–Crippen MR) is 66.3 cm³/mol. The van der Waals surface area contributed by atoms with Crippen molar-refractivity contribution < 1.29 is 0 Å². The Labute approximate surface area is 92.0 Å². The van der Waals surface area contributed by atoms with Gasteiger partial charge in [0, 0.05) is 19.0 Å². The third-order valence-corrected chi connectivity index (χ3v) is 4.10. The van der Waals surface area contributed by atoms with Crippen molar-refractivity contribution in [3.05, 3.63) is 0 Å². The van der Waals surface area contributed by atoms with Crippen molar-refractivity contribution in [2.45, 2.75) is 38.6 Å². The smallest absolute Gasteiger partial charge is 0.0703 e. The van der Waals surface area contributed by atoms with Gasteiger partial charge in [-0.05, 0) is 38.5 Å². The van der Waals surface area contributed by atoms with Crippen LogP contribution < -0.4 is 5.32 Å². The molecule has 0 aromatic rings. The van der Waals surface area contributed by atoms with Gasteiger partial charge in [-0.25, -0.2) is 0 Å². The van der Waals surface area contributed by atoms with Gasteiger partial charge in [0.25, 0.3) is 0 Å². The fraction of sp³-hybridized carbons (Fsp3) is 0.909. The number of nitrogens with one attached hydrogen (secondary N) is 1. The number of nitrogens with zero attached hydrogens (tertiary/aromatic N) is 1. The number of rotatable bonds is 3. The van der Waals surface area contributed by atoms with Gasteiger partial charge in [0.15, 0.2) is 0 Å². The predicted octanol–water partition coefficient (Wildman–Crippen LogP) is 2.55. The Morgan fingerprint density at radius 2 is 2.00 bits per heavy atom. The second-order valence-corrected chi connectivity index (χ2v) is 5.12. The molecule has 1 fully saturated rings. The molecule has 0 saturated heterocycles.